The molecule has 144 valence electrons. The Kier molecular flexibility index (Phi) is 5.10. The van der Waals surface area contributed by atoms with Gasteiger partial charge in [-0.25, -0.2) is 14.8 Å². The Morgan fingerprint density at radius 3 is 2.83 bits per heavy atom. The SMILES string of the molecule is Nc1nc2ccccc2c2c1ncn2CCOCC#Cc1ccccc1C(=O)O. The first kappa shape index (κ1) is 18.5. The normalized spacial score (nSPS) is 10.8. The molecule has 0 atom stereocenters. The molecule has 0 aliphatic carbocycles. The number of hydrogen-bond acceptors (Lipinski definition) is 5. The van der Waals surface area contributed by atoms with Crippen LogP contribution in [0.2, 0.25) is 0 Å². The van der Waals surface area contributed by atoms with Gasteiger partial charge in [0.05, 0.1) is 29.5 Å². The first-order valence-corrected chi connectivity index (χ1v) is 9.03. The van der Waals surface area contributed by atoms with Gasteiger partial charge in [-0.05, 0) is 18.2 Å². The maximum atomic E-state index is 11.2. The molecule has 2 aromatic carbocycles. The molecule has 2 aromatic heterocycles. The van der Waals surface area contributed by atoms with Crippen molar-refractivity contribution < 1.29 is 14.6 Å². The second-order valence-electron chi connectivity index (χ2n) is 6.35. The number of carboxylic acids is 1. The molecule has 2 heterocycles. The third-order valence-corrected chi connectivity index (χ3v) is 4.51. The lowest BCUT2D eigenvalue weighted by molar-refractivity contribution is 0.0696. The molecular weight excluding hydrogens is 368 g/mol. The number of nitrogens with two attached hydrogens (primary N) is 1. The van der Waals surface area contributed by atoms with Crippen molar-refractivity contribution in [3.8, 4) is 11.8 Å². The Morgan fingerprint density at radius 2 is 1.97 bits per heavy atom. The minimum atomic E-state index is -0.996. The van der Waals surface area contributed by atoms with Crippen LogP contribution in [0.4, 0.5) is 5.82 Å². The average Bonchev–Trinajstić information content (AvgIpc) is 3.16. The van der Waals surface area contributed by atoms with E-state index in [1.807, 2.05) is 28.8 Å². The summed E-state index contributed by atoms with van der Waals surface area (Å²) >= 11 is 0. The Hall–Kier alpha value is -3.89. The number of imidazole rings is 1. The number of nitrogen functional groups attached to an aromatic ring is 1. The minimum absolute atomic E-state index is 0.183. The van der Waals surface area contributed by atoms with Gasteiger partial charge >= 0.3 is 5.97 Å². The van der Waals surface area contributed by atoms with Gasteiger partial charge in [0, 0.05) is 17.5 Å². The van der Waals surface area contributed by atoms with E-state index in [4.69, 9.17) is 10.5 Å². The van der Waals surface area contributed by atoms with E-state index < -0.39 is 5.97 Å². The van der Waals surface area contributed by atoms with Gasteiger partial charge in [-0.1, -0.05) is 42.2 Å². The summed E-state index contributed by atoms with van der Waals surface area (Å²) in [5, 5.41) is 10.2. The summed E-state index contributed by atoms with van der Waals surface area (Å²) in [5.41, 5.74) is 9.12. The van der Waals surface area contributed by atoms with Crippen LogP contribution in [0.1, 0.15) is 15.9 Å². The zero-order valence-corrected chi connectivity index (χ0v) is 15.5. The number of para-hydroxylation sites is 1. The second kappa shape index (κ2) is 8.00. The van der Waals surface area contributed by atoms with Crippen LogP contribution >= 0.6 is 0 Å². The molecule has 0 saturated carbocycles. The van der Waals surface area contributed by atoms with Crippen LogP contribution in [0.15, 0.2) is 54.9 Å². The van der Waals surface area contributed by atoms with Gasteiger partial charge in [0.15, 0.2) is 5.82 Å². The zero-order valence-electron chi connectivity index (χ0n) is 15.5. The molecule has 4 aromatic rings. The summed E-state index contributed by atoms with van der Waals surface area (Å²) in [7, 11) is 0. The molecule has 0 spiro atoms. The van der Waals surface area contributed by atoms with Crippen molar-refractivity contribution in [3.63, 3.8) is 0 Å². The molecule has 3 N–H and O–H groups in total. The number of ether oxygens (including phenoxy) is 1. The molecule has 0 aliphatic heterocycles. The number of nitrogens with zero attached hydrogens (tertiary/aromatic N) is 3. The molecule has 29 heavy (non-hydrogen) atoms. The number of rotatable bonds is 5. The number of pyridine rings is 1. The molecule has 0 amide bonds. The largest absolute Gasteiger partial charge is 0.478 e. The van der Waals surface area contributed by atoms with Gasteiger partial charge in [-0.15, -0.1) is 0 Å². The Bertz CT molecular complexity index is 1270. The van der Waals surface area contributed by atoms with Gasteiger partial charge in [-0.2, -0.15) is 0 Å². The highest BCUT2D eigenvalue weighted by atomic mass is 16.5. The van der Waals surface area contributed by atoms with E-state index in [0.717, 1.165) is 16.4 Å². The standard InChI is InChI=1S/C22H18N4O3/c23-21-19-20(17-9-3-4-10-18(17)25-21)26(14-24-19)11-13-29-12-5-7-15-6-1-2-8-16(15)22(27)28/h1-4,6,8-10,14H,11-13H2,(H2,23,25)(H,27,28). The molecule has 0 bridgehead atoms. The maximum Gasteiger partial charge on any atom is 0.336 e. The van der Waals surface area contributed by atoms with Crippen molar-refractivity contribution >= 4 is 33.7 Å². The van der Waals surface area contributed by atoms with Gasteiger partial charge in [0.2, 0.25) is 0 Å². The molecule has 7 heteroatoms. The Morgan fingerprint density at radius 1 is 1.17 bits per heavy atom. The third kappa shape index (κ3) is 3.74. The molecule has 0 aliphatic rings. The lowest BCUT2D eigenvalue weighted by atomic mass is 10.1. The predicted molar refractivity (Wildman–Crippen MR) is 111 cm³/mol. The van der Waals surface area contributed by atoms with Crippen molar-refractivity contribution in [2.24, 2.45) is 0 Å². The van der Waals surface area contributed by atoms with Crippen LogP contribution in [0.25, 0.3) is 21.9 Å². The summed E-state index contributed by atoms with van der Waals surface area (Å²) in [6.45, 7) is 1.21. The highest BCUT2D eigenvalue weighted by Gasteiger charge is 2.11. The second-order valence-corrected chi connectivity index (χ2v) is 6.35. The molecule has 0 saturated heterocycles. The molecule has 7 nitrogen and oxygen atoms in total. The fraction of sp³-hybridized carbons (Fsp3) is 0.136. The number of hydrogen-bond donors (Lipinski definition) is 2. The van der Waals surface area contributed by atoms with E-state index in [9.17, 15) is 9.90 Å². The number of aromatic carboxylic acids is 1. The molecule has 4 rings (SSSR count). The van der Waals surface area contributed by atoms with Crippen LogP contribution in [0.3, 0.4) is 0 Å². The van der Waals surface area contributed by atoms with Crippen molar-refractivity contribution in [1.82, 2.24) is 14.5 Å². The fourth-order valence-electron chi connectivity index (χ4n) is 3.17. The summed E-state index contributed by atoms with van der Waals surface area (Å²) in [4.78, 5) is 20.0. The summed E-state index contributed by atoms with van der Waals surface area (Å²) < 4.78 is 7.59. The van der Waals surface area contributed by atoms with Crippen molar-refractivity contribution in [2.45, 2.75) is 6.54 Å². The summed E-state index contributed by atoms with van der Waals surface area (Å²) in [5.74, 6) is 5.12. The van der Waals surface area contributed by atoms with Crippen LogP contribution < -0.4 is 5.73 Å². The number of aromatic nitrogens is 3. The monoisotopic (exact) mass is 386 g/mol. The molecule has 0 fully saturated rings. The van der Waals surface area contributed by atoms with E-state index in [-0.39, 0.29) is 12.2 Å². The lowest BCUT2D eigenvalue weighted by Gasteiger charge is -2.07. The summed E-state index contributed by atoms with van der Waals surface area (Å²) in [6.07, 6.45) is 1.73. The summed E-state index contributed by atoms with van der Waals surface area (Å²) in [6, 6.07) is 14.4. The quantitative estimate of drug-likeness (QED) is 0.404. The van der Waals surface area contributed by atoms with Crippen LogP contribution in [0, 0.1) is 11.8 Å². The van der Waals surface area contributed by atoms with Crippen LogP contribution in [-0.4, -0.2) is 38.8 Å². The number of anilines is 1. The molecule has 0 unspecified atom stereocenters. The third-order valence-electron chi connectivity index (χ3n) is 4.51. The minimum Gasteiger partial charge on any atom is -0.478 e. The lowest BCUT2D eigenvalue weighted by Crippen LogP contribution is -2.06. The van der Waals surface area contributed by atoms with E-state index >= 15 is 0 Å². The van der Waals surface area contributed by atoms with Crippen LogP contribution in [-0.2, 0) is 11.3 Å². The van der Waals surface area contributed by atoms with E-state index in [0.29, 0.717) is 30.0 Å². The molecule has 0 radical (unpaired) electrons. The number of carbonyl (C=O) groups is 1. The zero-order chi connectivity index (χ0) is 20.2. The average molecular weight is 386 g/mol. The predicted octanol–water partition coefficient (Wildman–Crippen LogP) is 2.93. The Balaban J connectivity index is 1.44. The number of carboxylic acid groups (broad SMARTS) is 1. The van der Waals surface area contributed by atoms with Crippen molar-refractivity contribution in [2.75, 3.05) is 18.9 Å². The fourth-order valence-corrected chi connectivity index (χ4v) is 3.17. The van der Waals surface area contributed by atoms with Gasteiger partial charge in [0.1, 0.15) is 12.1 Å². The van der Waals surface area contributed by atoms with Crippen LogP contribution in [0.5, 0.6) is 0 Å². The van der Waals surface area contributed by atoms with Crippen molar-refractivity contribution in [3.05, 3.63) is 66.0 Å². The van der Waals surface area contributed by atoms with Gasteiger partial charge in [-0.3, -0.25) is 0 Å². The van der Waals surface area contributed by atoms with Crippen molar-refractivity contribution in [1.29, 1.82) is 0 Å². The van der Waals surface area contributed by atoms with E-state index in [1.165, 1.54) is 6.07 Å². The van der Waals surface area contributed by atoms with E-state index in [2.05, 4.69) is 21.8 Å². The highest BCUT2D eigenvalue weighted by Crippen LogP contribution is 2.26. The van der Waals surface area contributed by atoms with E-state index in [1.54, 1.807) is 24.5 Å². The topological polar surface area (TPSA) is 103 Å². The highest BCUT2D eigenvalue weighted by molar-refractivity contribution is 6.06. The number of benzene rings is 2. The molecular formula is C22H18N4O3. The maximum absolute atomic E-state index is 11.2. The first-order chi connectivity index (χ1) is 14.1. The van der Waals surface area contributed by atoms with Gasteiger partial charge < -0.3 is 20.1 Å². The smallest absolute Gasteiger partial charge is 0.336 e. The first-order valence-electron chi connectivity index (χ1n) is 9.03. The van der Waals surface area contributed by atoms with Gasteiger partial charge in [0.25, 0.3) is 0 Å². The number of fused-ring (bicyclic) bond motifs is 3. The Labute approximate surface area is 166 Å².